The van der Waals surface area contributed by atoms with Gasteiger partial charge in [-0.25, -0.2) is 0 Å². The molecule has 0 unspecified atom stereocenters. The average Bonchev–Trinajstić information content (AvgIpc) is 2.96. The fourth-order valence-electron chi connectivity index (χ4n) is 2.28. The minimum atomic E-state index is -0.516. The van der Waals surface area contributed by atoms with Crippen molar-refractivity contribution in [1.29, 1.82) is 0 Å². The highest BCUT2D eigenvalue weighted by Gasteiger charge is 2.28. The van der Waals surface area contributed by atoms with E-state index in [0.717, 1.165) is 32.4 Å². The van der Waals surface area contributed by atoms with Crippen LogP contribution in [0.15, 0.2) is 0 Å². The van der Waals surface area contributed by atoms with E-state index in [9.17, 15) is 10.1 Å². The van der Waals surface area contributed by atoms with Crippen LogP contribution in [0.3, 0.4) is 0 Å². The Labute approximate surface area is 122 Å². The van der Waals surface area contributed by atoms with Crippen molar-refractivity contribution in [2.24, 2.45) is 0 Å². The molecule has 0 saturated carbocycles. The summed E-state index contributed by atoms with van der Waals surface area (Å²) in [5.74, 6) is 0.515. The number of ether oxygens (including phenoxy) is 1. The summed E-state index contributed by atoms with van der Waals surface area (Å²) in [5, 5.41) is 14.2. The van der Waals surface area contributed by atoms with Crippen LogP contribution in [0.1, 0.15) is 19.3 Å². The van der Waals surface area contributed by atoms with Gasteiger partial charge in [0.2, 0.25) is 17.6 Å². The Hall–Kier alpha value is -2.16. The smallest absolute Gasteiger partial charge is 0.353 e. The standard InChI is InChI=1S/C12H20N6O3/c1-21-8-4-5-14-12-15-10(13)9(18(19)20)11(16-12)17-6-2-3-7-17/h2-8H2,1H3,(H3,13,14,15,16). The van der Waals surface area contributed by atoms with Gasteiger partial charge in [0, 0.05) is 33.4 Å². The summed E-state index contributed by atoms with van der Waals surface area (Å²) in [6.07, 6.45) is 2.78. The van der Waals surface area contributed by atoms with Crippen molar-refractivity contribution in [2.45, 2.75) is 19.3 Å². The highest BCUT2D eigenvalue weighted by molar-refractivity contribution is 5.71. The Balaban J connectivity index is 2.21. The first kappa shape index (κ1) is 15.2. The summed E-state index contributed by atoms with van der Waals surface area (Å²) in [6.45, 7) is 2.74. The lowest BCUT2D eigenvalue weighted by Gasteiger charge is -2.17. The van der Waals surface area contributed by atoms with Crippen LogP contribution in [-0.4, -0.2) is 48.2 Å². The number of nitrogens with two attached hydrogens (primary N) is 1. The Bertz CT molecular complexity index is 504. The Morgan fingerprint density at radius 2 is 2.14 bits per heavy atom. The number of aromatic nitrogens is 2. The first-order chi connectivity index (χ1) is 10.1. The fraction of sp³-hybridized carbons (Fsp3) is 0.667. The Morgan fingerprint density at radius 3 is 2.76 bits per heavy atom. The molecule has 1 aromatic heterocycles. The van der Waals surface area contributed by atoms with E-state index >= 15 is 0 Å². The van der Waals surface area contributed by atoms with E-state index in [4.69, 9.17) is 10.5 Å². The molecule has 116 valence electrons. The molecule has 21 heavy (non-hydrogen) atoms. The number of nitro groups is 1. The molecule has 1 aromatic rings. The molecule has 0 aliphatic carbocycles. The van der Waals surface area contributed by atoms with Crippen molar-refractivity contribution in [3.05, 3.63) is 10.1 Å². The van der Waals surface area contributed by atoms with Gasteiger partial charge < -0.3 is 20.7 Å². The molecule has 1 aliphatic rings. The van der Waals surface area contributed by atoms with Gasteiger partial charge in [-0.15, -0.1) is 0 Å². The quantitative estimate of drug-likeness (QED) is 0.434. The van der Waals surface area contributed by atoms with E-state index in [0.29, 0.717) is 24.9 Å². The molecule has 2 rings (SSSR count). The van der Waals surface area contributed by atoms with Crippen LogP contribution in [-0.2, 0) is 4.74 Å². The number of nitrogen functional groups attached to an aromatic ring is 1. The van der Waals surface area contributed by atoms with Gasteiger partial charge in [0.15, 0.2) is 0 Å². The third-order valence-electron chi connectivity index (χ3n) is 3.29. The summed E-state index contributed by atoms with van der Waals surface area (Å²) < 4.78 is 4.96. The first-order valence-electron chi connectivity index (χ1n) is 6.93. The van der Waals surface area contributed by atoms with Gasteiger partial charge in [0.25, 0.3) is 0 Å². The second-order valence-electron chi connectivity index (χ2n) is 4.83. The second kappa shape index (κ2) is 7.02. The zero-order chi connectivity index (χ0) is 15.2. The molecule has 0 amide bonds. The van der Waals surface area contributed by atoms with Crippen molar-refractivity contribution in [2.75, 3.05) is 49.3 Å². The highest BCUT2D eigenvalue weighted by atomic mass is 16.6. The summed E-state index contributed by atoms with van der Waals surface area (Å²) in [7, 11) is 1.63. The van der Waals surface area contributed by atoms with Crippen molar-refractivity contribution < 1.29 is 9.66 Å². The van der Waals surface area contributed by atoms with Gasteiger partial charge in [0.05, 0.1) is 4.92 Å². The fourth-order valence-corrected chi connectivity index (χ4v) is 2.28. The van der Waals surface area contributed by atoms with E-state index in [2.05, 4.69) is 15.3 Å². The van der Waals surface area contributed by atoms with Crippen LogP contribution in [0.4, 0.5) is 23.3 Å². The number of nitrogens with zero attached hydrogens (tertiary/aromatic N) is 4. The van der Waals surface area contributed by atoms with Crippen molar-refractivity contribution in [3.8, 4) is 0 Å². The van der Waals surface area contributed by atoms with Gasteiger partial charge >= 0.3 is 5.69 Å². The lowest BCUT2D eigenvalue weighted by molar-refractivity contribution is -0.383. The maximum atomic E-state index is 11.2. The van der Waals surface area contributed by atoms with Gasteiger partial charge in [-0.1, -0.05) is 0 Å². The molecule has 3 N–H and O–H groups in total. The number of hydrogen-bond donors (Lipinski definition) is 2. The Morgan fingerprint density at radius 1 is 1.43 bits per heavy atom. The third kappa shape index (κ3) is 3.69. The van der Waals surface area contributed by atoms with E-state index in [1.807, 2.05) is 4.90 Å². The second-order valence-corrected chi connectivity index (χ2v) is 4.83. The summed E-state index contributed by atoms with van der Waals surface area (Å²) >= 11 is 0. The van der Waals surface area contributed by atoms with E-state index in [-0.39, 0.29) is 11.5 Å². The number of nitrogens with one attached hydrogen (secondary N) is 1. The van der Waals surface area contributed by atoms with Crippen LogP contribution < -0.4 is 16.0 Å². The monoisotopic (exact) mass is 296 g/mol. The zero-order valence-corrected chi connectivity index (χ0v) is 12.0. The minimum absolute atomic E-state index is 0.105. The SMILES string of the molecule is COCCCNc1nc(N)c([N+](=O)[O-])c(N2CCCC2)n1. The lowest BCUT2D eigenvalue weighted by atomic mass is 10.4. The van der Waals surface area contributed by atoms with Crippen LogP contribution in [0.2, 0.25) is 0 Å². The summed E-state index contributed by atoms with van der Waals surface area (Å²) in [6, 6.07) is 0. The molecule has 0 aromatic carbocycles. The first-order valence-corrected chi connectivity index (χ1v) is 6.93. The van der Waals surface area contributed by atoms with Crippen LogP contribution in [0, 0.1) is 10.1 Å². The number of rotatable bonds is 7. The van der Waals surface area contributed by atoms with Crippen molar-refractivity contribution in [1.82, 2.24) is 9.97 Å². The molecule has 1 aliphatic heterocycles. The predicted octanol–water partition coefficient (Wildman–Crippen LogP) is 1.02. The molecular formula is C12H20N6O3. The summed E-state index contributed by atoms with van der Waals surface area (Å²) in [4.78, 5) is 20.8. The normalized spacial score (nSPS) is 14.4. The maximum absolute atomic E-state index is 11.2. The molecular weight excluding hydrogens is 276 g/mol. The minimum Gasteiger partial charge on any atom is -0.385 e. The Kier molecular flexibility index (Phi) is 5.09. The van der Waals surface area contributed by atoms with E-state index < -0.39 is 4.92 Å². The summed E-state index contributed by atoms with van der Waals surface area (Å²) in [5.41, 5.74) is 5.53. The molecule has 1 fully saturated rings. The molecule has 9 heteroatoms. The predicted molar refractivity (Wildman–Crippen MR) is 79.5 cm³/mol. The number of hydrogen-bond acceptors (Lipinski definition) is 8. The number of anilines is 3. The largest absolute Gasteiger partial charge is 0.385 e. The van der Waals surface area contributed by atoms with Gasteiger partial charge in [-0.3, -0.25) is 10.1 Å². The van der Waals surface area contributed by atoms with Gasteiger partial charge in [-0.2, -0.15) is 9.97 Å². The molecule has 0 spiro atoms. The van der Waals surface area contributed by atoms with E-state index in [1.54, 1.807) is 7.11 Å². The topological polar surface area (TPSA) is 119 Å². The van der Waals surface area contributed by atoms with Gasteiger partial charge in [0.1, 0.15) is 0 Å². The maximum Gasteiger partial charge on any atom is 0.353 e. The van der Waals surface area contributed by atoms with Crippen LogP contribution >= 0.6 is 0 Å². The highest BCUT2D eigenvalue weighted by Crippen LogP contribution is 2.33. The molecule has 0 bridgehead atoms. The molecule has 1 saturated heterocycles. The van der Waals surface area contributed by atoms with Crippen molar-refractivity contribution >= 4 is 23.3 Å². The van der Waals surface area contributed by atoms with Crippen LogP contribution in [0.5, 0.6) is 0 Å². The molecule has 0 radical (unpaired) electrons. The average molecular weight is 296 g/mol. The lowest BCUT2D eigenvalue weighted by Crippen LogP contribution is -2.22. The van der Waals surface area contributed by atoms with E-state index in [1.165, 1.54) is 0 Å². The van der Waals surface area contributed by atoms with Crippen molar-refractivity contribution in [3.63, 3.8) is 0 Å². The molecule has 9 nitrogen and oxygen atoms in total. The van der Waals surface area contributed by atoms with Crippen LogP contribution in [0.25, 0.3) is 0 Å². The van der Waals surface area contributed by atoms with Gasteiger partial charge in [-0.05, 0) is 19.3 Å². The molecule has 0 atom stereocenters. The zero-order valence-electron chi connectivity index (χ0n) is 12.0. The number of methoxy groups -OCH3 is 1. The third-order valence-corrected chi connectivity index (χ3v) is 3.29. The molecule has 2 heterocycles.